The van der Waals surface area contributed by atoms with E-state index in [1.54, 1.807) is 29.2 Å². The third-order valence-corrected chi connectivity index (χ3v) is 6.66. The number of nitrogens with zero attached hydrogens (tertiary/aromatic N) is 2. The van der Waals surface area contributed by atoms with Crippen LogP contribution < -0.4 is 0 Å². The molecule has 1 amide bonds. The second-order valence-electron chi connectivity index (χ2n) is 6.55. The third-order valence-electron chi connectivity index (χ3n) is 4.75. The number of benzene rings is 1. The third kappa shape index (κ3) is 4.82. The van der Waals surface area contributed by atoms with E-state index in [1.165, 1.54) is 4.31 Å². The van der Waals surface area contributed by atoms with E-state index >= 15 is 0 Å². The van der Waals surface area contributed by atoms with Crippen molar-refractivity contribution in [3.8, 4) is 0 Å². The Morgan fingerprint density at radius 2 is 1.77 bits per heavy atom. The van der Waals surface area contributed by atoms with Gasteiger partial charge in [-0.25, -0.2) is 8.42 Å². The second kappa shape index (κ2) is 8.64. The summed E-state index contributed by atoms with van der Waals surface area (Å²) in [6, 6.07) is 6.74. The number of hydrogen-bond donors (Lipinski definition) is 1. The molecular weight excluding hydrogens is 356 g/mol. The van der Waals surface area contributed by atoms with Crippen LogP contribution in [0, 0.1) is 12.8 Å². The standard InChI is InChI=1S/C18H26N2O5S/c1-3-19(11-10-17(21)22)18(23)15-8-12-20(13-9-15)26(24,25)16-6-4-14(2)5-7-16/h4-7,15H,3,8-13H2,1-2H3,(H,21,22). The van der Waals surface area contributed by atoms with Crippen LogP contribution in [-0.4, -0.2) is 60.8 Å². The van der Waals surface area contributed by atoms with E-state index in [-0.39, 0.29) is 29.7 Å². The lowest BCUT2D eigenvalue weighted by molar-refractivity contribution is -0.140. The molecule has 1 fully saturated rings. The van der Waals surface area contributed by atoms with Gasteiger partial charge < -0.3 is 10.0 Å². The van der Waals surface area contributed by atoms with Crippen LogP contribution >= 0.6 is 0 Å². The SMILES string of the molecule is CCN(CCC(=O)O)C(=O)C1CCN(S(=O)(=O)c2ccc(C)cc2)CC1. The Kier molecular flexibility index (Phi) is 6.77. The fourth-order valence-corrected chi connectivity index (χ4v) is 4.59. The molecule has 144 valence electrons. The van der Waals surface area contributed by atoms with E-state index in [0.717, 1.165) is 5.56 Å². The van der Waals surface area contributed by atoms with Crippen molar-refractivity contribution in [1.82, 2.24) is 9.21 Å². The molecule has 0 bridgehead atoms. The van der Waals surface area contributed by atoms with Crippen molar-refractivity contribution < 1.29 is 23.1 Å². The first-order valence-electron chi connectivity index (χ1n) is 8.83. The van der Waals surface area contributed by atoms with Crippen LogP contribution in [0.15, 0.2) is 29.2 Å². The zero-order valence-electron chi connectivity index (χ0n) is 15.2. The summed E-state index contributed by atoms with van der Waals surface area (Å²) >= 11 is 0. The maximum Gasteiger partial charge on any atom is 0.305 e. The topological polar surface area (TPSA) is 95.0 Å². The number of hydrogen-bond acceptors (Lipinski definition) is 4. The number of aliphatic carboxylic acids is 1. The molecule has 0 saturated carbocycles. The van der Waals surface area contributed by atoms with Gasteiger partial charge in [0, 0.05) is 32.1 Å². The molecule has 26 heavy (non-hydrogen) atoms. The maximum atomic E-state index is 12.7. The highest BCUT2D eigenvalue weighted by atomic mass is 32.2. The van der Waals surface area contributed by atoms with Gasteiger partial charge in [0.25, 0.3) is 0 Å². The summed E-state index contributed by atoms with van der Waals surface area (Å²) < 4.78 is 26.8. The number of rotatable bonds is 7. The summed E-state index contributed by atoms with van der Waals surface area (Å²) in [6.07, 6.45) is 0.821. The van der Waals surface area contributed by atoms with E-state index in [1.807, 2.05) is 13.8 Å². The summed E-state index contributed by atoms with van der Waals surface area (Å²) in [7, 11) is -3.54. The molecule has 0 spiro atoms. The van der Waals surface area contributed by atoms with E-state index in [2.05, 4.69) is 0 Å². The van der Waals surface area contributed by atoms with E-state index < -0.39 is 16.0 Å². The predicted molar refractivity (Wildman–Crippen MR) is 97.2 cm³/mol. The molecule has 0 aliphatic carbocycles. The maximum absolute atomic E-state index is 12.7. The normalized spacial score (nSPS) is 16.4. The number of carbonyl (C=O) groups excluding carboxylic acids is 1. The molecule has 1 aromatic carbocycles. The van der Waals surface area contributed by atoms with Crippen LogP contribution in [0.4, 0.5) is 0 Å². The van der Waals surface area contributed by atoms with Crippen LogP contribution in [0.5, 0.6) is 0 Å². The molecular formula is C18H26N2O5S. The van der Waals surface area contributed by atoms with Crippen molar-refractivity contribution in [1.29, 1.82) is 0 Å². The number of carbonyl (C=O) groups is 2. The van der Waals surface area contributed by atoms with E-state index in [9.17, 15) is 18.0 Å². The molecule has 1 aliphatic heterocycles. The van der Waals surface area contributed by atoms with Crippen molar-refractivity contribution in [3.05, 3.63) is 29.8 Å². The van der Waals surface area contributed by atoms with Gasteiger partial charge in [0.15, 0.2) is 0 Å². The highest BCUT2D eigenvalue weighted by Crippen LogP contribution is 2.25. The Hall–Kier alpha value is -1.93. The smallest absolute Gasteiger partial charge is 0.305 e. The van der Waals surface area contributed by atoms with Crippen molar-refractivity contribution in [2.75, 3.05) is 26.2 Å². The molecule has 1 aromatic rings. The number of piperidine rings is 1. The molecule has 1 heterocycles. The molecule has 8 heteroatoms. The molecule has 1 saturated heterocycles. The minimum atomic E-state index is -3.54. The van der Waals surface area contributed by atoms with Gasteiger partial charge in [0.1, 0.15) is 0 Å². The Labute approximate surface area is 154 Å². The predicted octanol–water partition coefficient (Wildman–Crippen LogP) is 1.72. The summed E-state index contributed by atoms with van der Waals surface area (Å²) in [5.41, 5.74) is 0.995. The van der Waals surface area contributed by atoms with E-state index in [0.29, 0.717) is 32.5 Å². The van der Waals surface area contributed by atoms with Crippen LogP contribution in [0.3, 0.4) is 0 Å². The number of aryl methyl sites for hydroxylation is 1. The Balaban J connectivity index is 1.98. The summed E-state index contributed by atoms with van der Waals surface area (Å²) in [4.78, 5) is 25.1. The van der Waals surface area contributed by atoms with Gasteiger partial charge in [-0.05, 0) is 38.8 Å². The van der Waals surface area contributed by atoms with Crippen LogP contribution in [0.2, 0.25) is 0 Å². The van der Waals surface area contributed by atoms with E-state index in [4.69, 9.17) is 5.11 Å². The first-order valence-corrected chi connectivity index (χ1v) is 10.3. The Morgan fingerprint density at radius 1 is 1.19 bits per heavy atom. The first-order chi connectivity index (χ1) is 12.3. The quantitative estimate of drug-likeness (QED) is 0.775. The van der Waals surface area contributed by atoms with Gasteiger partial charge in [-0.15, -0.1) is 0 Å². The minimum absolute atomic E-state index is 0.0823. The van der Waals surface area contributed by atoms with Crippen LogP contribution in [-0.2, 0) is 19.6 Å². The average molecular weight is 382 g/mol. The lowest BCUT2D eigenvalue weighted by Crippen LogP contribution is -2.44. The zero-order chi connectivity index (χ0) is 19.3. The highest BCUT2D eigenvalue weighted by molar-refractivity contribution is 7.89. The van der Waals surface area contributed by atoms with Gasteiger partial charge in [0.2, 0.25) is 15.9 Å². The number of carboxylic acid groups (broad SMARTS) is 1. The lowest BCUT2D eigenvalue weighted by Gasteiger charge is -2.33. The van der Waals surface area contributed by atoms with Crippen LogP contribution in [0.25, 0.3) is 0 Å². The fraction of sp³-hybridized carbons (Fsp3) is 0.556. The molecule has 1 N–H and O–H groups in total. The Morgan fingerprint density at radius 3 is 2.27 bits per heavy atom. The van der Waals surface area contributed by atoms with Crippen molar-refractivity contribution in [3.63, 3.8) is 0 Å². The highest BCUT2D eigenvalue weighted by Gasteiger charge is 2.33. The minimum Gasteiger partial charge on any atom is -0.481 e. The average Bonchev–Trinajstić information content (AvgIpc) is 2.62. The number of sulfonamides is 1. The van der Waals surface area contributed by atoms with Gasteiger partial charge in [-0.1, -0.05) is 17.7 Å². The molecule has 0 radical (unpaired) electrons. The molecule has 1 aliphatic rings. The monoisotopic (exact) mass is 382 g/mol. The first kappa shape index (κ1) is 20.4. The fourth-order valence-electron chi connectivity index (χ4n) is 3.12. The molecule has 7 nitrogen and oxygen atoms in total. The van der Waals surface area contributed by atoms with Crippen LogP contribution in [0.1, 0.15) is 31.7 Å². The zero-order valence-corrected chi connectivity index (χ0v) is 16.0. The molecule has 0 atom stereocenters. The summed E-state index contributed by atoms with van der Waals surface area (Å²) in [6.45, 7) is 4.95. The summed E-state index contributed by atoms with van der Waals surface area (Å²) in [5, 5.41) is 8.79. The molecule has 0 aromatic heterocycles. The van der Waals surface area contributed by atoms with Crippen molar-refractivity contribution in [2.45, 2.75) is 38.0 Å². The van der Waals surface area contributed by atoms with Crippen molar-refractivity contribution >= 4 is 21.9 Å². The Bertz CT molecular complexity index is 737. The van der Waals surface area contributed by atoms with Gasteiger partial charge in [-0.2, -0.15) is 4.31 Å². The summed E-state index contributed by atoms with van der Waals surface area (Å²) in [5.74, 6) is -1.27. The molecule has 2 rings (SSSR count). The van der Waals surface area contributed by atoms with Crippen molar-refractivity contribution in [2.24, 2.45) is 5.92 Å². The number of amides is 1. The molecule has 0 unspecified atom stereocenters. The second-order valence-corrected chi connectivity index (χ2v) is 8.49. The van der Waals surface area contributed by atoms with Gasteiger partial charge in [0.05, 0.1) is 11.3 Å². The number of carboxylic acids is 1. The van der Waals surface area contributed by atoms with Gasteiger partial charge in [-0.3, -0.25) is 9.59 Å². The largest absolute Gasteiger partial charge is 0.481 e. The lowest BCUT2D eigenvalue weighted by atomic mass is 9.96. The van der Waals surface area contributed by atoms with Gasteiger partial charge >= 0.3 is 5.97 Å².